The number of nitrogens with zero attached hydrogens (tertiary/aromatic N) is 1. The summed E-state index contributed by atoms with van der Waals surface area (Å²) in [5.74, 6) is -0.699. The van der Waals surface area contributed by atoms with Crippen molar-refractivity contribution in [3.05, 3.63) is 34.6 Å². The summed E-state index contributed by atoms with van der Waals surface area (Å²) in [4.78, 5) is 13.9. The summed E-state index contributed by atoms with van der Waals surface area (Å²) in [6.45, 7) is 4.15. The Morgan fingerprint density at radius 2 is 2.28 bits per heavy atom. The van der Waals surface area contributed by atoms with Gasteiger partial charge in [-0.2, -0.15) is 0 Å². The number of halogens is 3. The molecule has 0 unspecified atom stereocenters. The molecule has 100 valence electrons. The predicted octanol–water partition coefficient (Wildman–Crippen LogP) is 2.33. The molecule has 1 aliphatic rings. The topological polar surface area (TPSA) is 32.3 Å². The van der Waals surface area contributed by atoms with Gasteiger partial charge < -0.3 is 10.2 Å². The first-order chi connectivity index (χ1) is 8.09. The van der Waals surface area contributed by atoms with Crippen molar-refractivity contribution in [2.45, 2.75) is 13.0 Å². The first-order valence-electron chi connectivity index (χ1n) is 5.56. The summed E-state index contributed by atoms with van der Waals surface area (Å²) < 4.78 is 13.3. The molecule has 1 saturated heterocycles. The van der Waals surface area contributed by atoms with Crippen LogP contribution < -0.4 is 5.32 Å². The van der Waals surface area contributed by atoms with Crippen molar-refractivity contribution in [1.29, 1.82) is 0 Å². The molecule has 0 aromatic heterocycles. The second-order valence-electron chi connectivity index (χ2n) is 4.18. The van der Waals surface area contributed by atoms with Gasteiger partial charge in [-0.25, -0.2) is 4.39 Å². The van der Waals surface area contributed by atoms with Gasteiger partial charge in [0.2, 0.25) is 0 Å². The van der Waals surface area contributed by atoms with E-state index in [2.05, 4.69) is 5.32 Å². The molecule has 0 radical (unpaired) electrons. The van der Waals surface area contributed by atoms with E-state index in [1.165, 1.54) is 12.1 Å². The van der Waals surface area contributed by atoms with Crippen molar-refractivity contribution in [3.8, 4) is 0 Å². The molecule has 6 heteroatoms. The number of hydrogen-bond acceptors (Lipinski definition) is 2. The lowest BCUT2D eigenvalue weighted by atomic mass is 10.1. The van der Waals surface area contributed by atoms with E-state index in [9.17, 15) is 9.18 Å². The molecule has 1 aromatic rings. The number of rotatable bonds is 1. The van der Waals surface area contributed by atoms with Gasteiger partial charge in [-0.05, 0) is 25.1 Å². The fourth-order valence-corrected chi connectivity index (χ4v) is 2.06. The Kier molecular flexibility index (Phi) is 5.38. The van der Waals surface area contributed by atoms with Crippen LogP contribution in [0.2, 0.25) is 5.02 Å². The van der Waals surface area contributed by atoms with E-state index >= 15 is 0 Å². The van der Waals surface area contributed by atoms with Gasteiger partial charge in [-0.15, -0.1) is 12.4 Å². The lowest BCUT2D eigenvalue weighted by molar-refractivity contribution is 0.0655. The van der Waals surface area contributed by atoms with Gasteiger partial charge in [0.05, 0.1) is 5.02 Å². The summed E-state index contributed by atoms with van der Waals surface area (Å²) in [6, 6.07) is 4.29. The summed E-state index contributed by atoms with van der Waals surface area (Å²) >= 11 is 5.59. The van der Waals surface area contributed by atoms with E-state index in [1.54, 1.807) is 11.0 Å². The molecule has 1 heterocycles. The number of carbonyl (C=O) groups is 1. The summed E-state index contributed by atoms with van der Waals surface area (Å²) in [7, 11) is 0. The minimum absolute atomic E-state index is 0. The van der Waals surface area contributed by atoms with Crippen LogP contribution in [0.25, 0.3) is 0 Å². The molecule has 1 atom stereocenters. The largest absolute Gasteiger partial charge is 0.333 e. The molecule has 1 N–H and O–H groups in total. The Bertz CT molecular complexity index is 442. The zero-order valence-corrected chi connectivity index (χ0v) is 11.5. The predicted molar refractivity (Wildman–Crippen MR) is 72.0 cm³/mol. The van der Waals surface area contributed by atoms with E-state index in [1.807, 2.05) is 6.92 Å². The van der Waals surface area contributed by atoms with Crippen LogP contribution in [0.3, 0.4) is 0 Å². The maximum atomic E-state index is 13.3. The van der Waals surface area contributed by atoms with E-state index in [-0.39, 0.29) is 29.4 Å². The number of hydrogen-bond donors (Lipinski definition) is 1. The maximum Gasteiger partial charge on any atom is 0.254 e. The summed E-state index contributed by atoms with van der Waals surface area (Å²) in [6.07, 6.45) is 0. The second kappa shape index (κ2) is 6.36. The van der Waals surface area contributed by atoms with Gasteiger partial charge in [-0.1, -0.05) is 11.6 Å². The number of piperazine rings is 1. The minimum atomic E-state index is -0.555. The van der Waals surface area contributed by atoms with Gasteiger partial charge in [0, 0.05) is 31.2 Å². The maximum absolute atomic E-state index is 13.3. The van der Waals surface area contributed by atoms with Crippen LogP contribution in [0.5, 0.6) is 0 Å². The normalized spacial score (nSPS) is 19.3. The molecule has 3 nitrogen and oxygen atoms in total. The summed E-state index contributed by atoms with van der Waals surface area (Å²) in [5.41, 5.74) is 0.348. The van der Waals surface area contributed by atoms with E-state index in [4.69, 9.17) is 11.6 Å². The van der Waals surface area contributed by atoms with E-state index < -0.39 is 5.82 Å². The quantitative estimate of drug-likeness (QED) is 0.862. The Labute approximate surface area is 117 Å². The highest BCUT2D eigenvalue weighted by Crippen LogP contribution is 2.18. The van der Waals surface area contributed by atoms with Crippen LogP contribution in [-0.4, -0.2) is 36.5 Å². The number of carbonyl (C=O) groups excluding carboxylic acids is 1. The second-order valence-corrected chi connectivity index (χ2v) is 4.59. The van der Waals surface area contributed by atoms with Gasteiger partial charge >= 0.3 is 0 Å². The third-order valence-electron chi connectivity index (χ3n) is 2.93. The standard InChI is InChI=1S/C12H14ClFN2O.ClH/c1-8-7-15-4-5-16(8)12(17)9-2-3-10(13)11(14)6-9;/h2-3,6,8,15H,4-5,7H2,1H3;1H/t8-;/m1./s1. The molecule has 1 amide bonds. The SMILES string of the molecule is C[C@@H]1CNCCN1C(=O)c1ccc(Cl)c(F)c1.Cl. The van der Waals surface area contributed by atoms with Gasteiger partial charge in [0.1, 0.15) is 5.82 Å². The fourth-order valence-electron chi connectivity index (χ4n) is 1.94. The lowest BCUT2D eigenvalue weighted by Gasteiger charge is -2.34. The zero-order valence-electron chi connectivity index (χ0n) is 9.95. The van der Waals surface area contributed by atoms with E-state index in [0.29, 0.717) is 12.1 Å². The van der Waals surface area contributed by atoms with Gasteiger partial charge in [0.25, 0.3) is 5.91 Å². The molecule has 18 heavy (non-hydrogen) atoms. The molecule has 0 spiro atoms. The van der Waals surface area contributed by atoms with Gasteiger partial charge in [-0.3, -0.25) is 4.79 Å². The fraction of sp³-hybridized carbons (Fsp3) is 0.417. The molecule has 1 aromatic carbocycles. The first kappa shape index (κ1) is 15.2. The van der Waals surface area contributed by atoms with Crippen LogP contribution in [0.4, 0.5) is 4.39 Å². The number of nitrogens with one attached hydrogen (secondary N) is 1. The molecule has 0 saturated carbocycles. The van der Waals surface area contributed by atoms with Crippen LogP contribution >= 0.6 is 24.0 Å². The van der Waals surface area contributed by atoms with Gasteiger partial charge in [0.15, 0.2) is 0 Å². The Hall–Kier alpha value is -0.840. The summed E-state index contributed by atoms with van der Waals surface area (Å²) in [5, 5.41) is 3.24. The van der Waals surface area contributed by atoms with Crippen molar-refractivity contribution in [2.24, 2.45) is 0 Å². The van der Waals surface area contributed by atoms with Crippen LogP contribution in [0.15, 0.2) is 18.2 Å². The molecule has 0 aliphatic carbocycles. The monoisotopic (exact) mass is 292 g/mol. The zero-order chi connectivity index (χ0) is 12.4. The van der Waals surface area contributed by atoms with E-state index in [0.717, 1.165) is 13.1 Å². The van der Waals surface area contributed by atoms with Crippen molar-refractivity contribution in [2.75, 3.05) is 19.6 Å². The lowest BCUT2D eigenvalue weighted by Crippen LogP contribution is -2.52. The number of amides is 1. The molecular weight excluding hydrogens is 278 g/mol. The van der Waals surface area contributed by atoms with Crippen molar-refractivity contribution in [3.63, 3.8) is 0 Å². The first-order valence-corrected chi connectivity index (χ1v) is 5.94. The molecule has 2 rings (SSSR count). The smallest absolute Gasteiger partial charge is 0.254 e. The van der Waals surface area contributed by atoms with Crippen LogP contribution in [0.1, 0.15) is 17.3 Å². The van der Waals surface area contributed by atoms with Crippen LogP contribution in [-0.2, 0) is 0 Å². The molecule has 1 fully saturated rings. The average Bonchev–Trinajstić information content (AvgIpc) is 2.32. The Balaban J connectivity index is 0.00000162. The van der Waals surface area contributed by atoms with Crippen molar-refractivity contribution < 1.29 is 9.18 Å². The third kappa shape index (κ3) is 3.13. The highest BCUT2D eigenvalue weighted by atomic mass is 35.5. The van der Waals surface area contributed by atoms with Crippen LogP contribution in [0, 0.1) is 5.82 Å². The molecule has 1 aliphatic heterocycles. The highest BCUT2D eigenvalue weighted by molar-refractivity contribution is 6.30. The number of benzene rings is 1. The average molecular weight is 293 g/mol. The molecular formula is C12H15Cl2FN2O. The van der Waals surface area contributed by atoms with Crippen molar-refractivity contribution >= 4 is 29.9 Å². The third-order valence-corrected chi connectivity index (χ3v) is 3.24. The van der Waals surface area contributed by atoms with Crippen molar-refractivity contribution in [1.82, 2.24) is 10.2 Å². The Morgan fingerprint density at radius 1 is 1.56 bits per heavy atom. The molecule has 0 bridgehead atoms. The minimum Gasteiger partial charge on any atom is -0.333 e. The highest BCUT2D eigenvalue weighted by Gasteiger charge is 2.24. The Morgan fingerprint density at radius 3 is 2.89 bits per heavy atom.